The van der Waals surface area contributed by atoms with Crippen molar-refractivity contribution in [2.24, 2.45) is 5.92 Å². The van der Waals surface area contributed by atoms with Crippen molar-refractivity contribution in [3.63, 3.8) is 0 Å². The van der Waals surface area contributed by atoms with Crippen LogP contribution in [-0.2, 0) is 0 Å². The van der Waals surface area contributed by atoms with E-state index in [-0.39, 0.29) is 5.91 Å². The third-order valence-corrected chi connectivity index (χ3v) is 4.82. The Kier molecular flexibility index (Phi) is 6.26. The summed E-state index contributed by atoms with van der Waals surface area (Å²) in [7, 11) is 0. The average Bonchev–Trinajstić information content (AvgIpc) is 2.92. The molecule has 1 aromatic rings. The van der Waals surface area contributed by atoms with Crippen molar-refractivity contribution in [3.8, 4) is 0 Å². The number of nitrogens with one attached hydrogen (secondary N) is 1. The third-order valence-electron chi connectivity index (χ3n) is 3.63. The van der Waals surface area contributed by atoms with Crippen molar-refractivity contribution in [2.75, 3.05) is 19.6 Å². The topological polar surface area (TPSA) is 32.3 Å². The molecule has 1 heterocycles. The predicted molar refractivity (Wildman–Crippen MR) is 93.6 cm³/mol. The van der Waals surface area contributed by atoms with E-state index < -0.39 is 0 Å². The van der Waals surface area contributed by atoms with E-state index in [2.05, 4.69) is 51.0 Å². The number of benzene rings is 1. The van der Waals surface area contributed by atoms with Gasteiger partial charge in [0.25, 0.3) is 5.91 Å². The summed E-state index contributed by atoms with van der Waals surface area (Å²) < 4.78 is 1.78. The van der Waals surface area contributed by atoms with E-state index in [1.807, 2.05) is 23.1 Å². The smallest absolute Gasteiger partial charge is 0.255 e. The minimum Gasteiger partial charge on any atom is -0.337 e. The van der Waals surface area contributed by atoms with Crippen LogP contribution in [0.2, 0.25) is 0 Å². The predicted octanol–water partition coefficient (Wildman–Crippen LogP) is 4.06. The van der Waals surface area contributed by atoms with Gasteiger partial charge in [-0.25, -0.2) is 0 Å². The summed E-state index contributed by atoms with van der Waals surface area (Å²) in [6, 6.07) is 6.17. The first kappa shape index (κ1) is 17.0. The summed E-state index contributed by atoms with van der Waals surface area (Å²) in [5, 5.41) is 3.48. The Balaban J connectivity index is 2.17. The van der Waals surface area contributed by atoms with Crippen LogP contribution in [-0.4, -0.2) is 36.5 Å². The first-order valence-electron chi connectivity index (χ1n) is 7.45. The van der Waals surface area contributed by atoms with Gasteiger partial charge in [0.15, 0.2) is 0 Å². The number of carbonyl (C=O) groups excluding carboxylic acids is 1. The quantitative estimate of drug-likeness (QED) is 0.783. The highest BCUT2D eigenvalue weighted by atomic mass is 79.9. The van der Waals surface area contributed by atoms with E-state index >= 15 is 0 Å². The van der Waals surface area contributed by atoms with Crippen LogP contribution in [0.4, 0.5) is 0 Å². The van der Waals surface area contributed by atoms with Crippen LogP contribution in [0, 0.1) is 5.92 Å². The van der Waals surface area contributed by atoms with Gasteiger partial charge in [-0.05, 0) is 59.4 Å². The molecule has 5 heteroatoms. The third kappa shape index (κ3) is 4.80. The SMILES string of the molecule is CC(C)CN(CC1CCCN1)C(=O)c1cc(Br)ccc1Br. The molecule has 116 valence electrons. The molecule has 0 spiro atoms. The Morgan fingerprint density at radius 3 is 2.81 bits per heavy atom. The highest BCUT2D eigenvalue weighted by molar-refractivity contribution is 9.11. The Morgan fingerprint density at radius 2 is 2.19 bits per heavy atom. The molecule has 0 radical (unpaired) electrons. The summed E-state index contributed by atoms with van der Waals surface area (Å²) in [6.45, 7) is 6.94. The molecule has 1 unspecified atom stereocenters. The van der Waals surface area contributed by atoms with Gasteiger partial charge in [0, 0.05) is 28.1 Å². The summed E-state index contributed by atoms with van der Waals surface area (Å²) in [4.78, 5) is 14.9. The fourth-order valence-corrected chi connectivity index (χ4v) is 3.47. The van der Waals surface area contributed by atoms with Crippen molar-refractivity contribution >= 4 is 37.8 Å². The van der Waals surface area contributed by atoms with E-state index in [0.29, 0.717) is 12.0 Å². The summed E-state index contributed by atoms with van der Waals surface area (Å²) in [5.41, 5.74) is 0.725. The standard InChI is InChI=1S/C16H22Br2N2O/c1-11(2)9-20(10-13-4-3-7-19-13)16(21)14-8-12(17)5-6-15(14)18/h5-6,8,11,13,19H,3-4,7,9-10H2,1-2H3. The molecule has 1 fully saturated rings. The number of hydrogen-bond acceptors (Lipinski definition) is 2. The van der Waals surface area contributed by atoms with Gasteiger partial charge in [-0.2, -0.15) is 0 Å². The van der Waals surface area contributed by atoms with Crippen LogP contribution >= 0.6 is 31.9 Å². The second-order valence-electron chi connectivity index (χ2n) is 6.02. The van der Waals surface area contributed by atoms with Crippen LogP contribution in [0.5, 0.6) is 0 Å². The second kappa shape index (κ2) is 7.75. The van der Waals surface area contributed by atoms with Crippen LogP contribution in [0.25, 0.3) is 0 Å². The van der Waals surface area contributed by atoms with Gasteiger partial charge in [0.2, 0.25) is 0 Å². The molecule has 1 amide bonds. The highest BCUT2D eigenvalue weighted by Crippen LogP contribution is 2.24. The Hall–Kier alpha value is -0.390. The minimum atomic E-state index is 0.102. The van der Waals surface area contributed by atoms with E-state index in [4.69, 9.17) is 0 Å². The molecule has 0 aliphatic carbocycles. The maximum Gasteiger partial charge on any atom is 0.255 e. The maximum absolute atomic E-state index is 12.9. The van der Waals surface area contributed by atoms with Gasteiger partial charge in [-0.15, -0.1) is 0 Å². The Morgan fingerprint density at radius 1 is 1.43 bits per heavy atom. The summed E-state index contributed by atoms with van der Waals surface area (Å²) in [5.74, 6) is 0.562. The molecule has 1 aromatic carbocycles. The van der Waals surface area contributed by atoms with Gasteiger partial charge in [0.05, 0.1) is 5.56 Å². The number of amides is 1. The van der Waals surface area contributed by atoms with Crippen LogP contribution in [0.15, 0.2) is 27.1 Å². The molecule has 1 atom stereocenters. The first-order valence-corrected chi connectivity index (χ1v) is 9.03. The van der Waals surface area contributed by atoms with Crippen molar-refractivity contribution in [3.05, 3.63) is 32.7 Å². The molecule has 3 nitrogen and oxygen atoms in total. The molecule has 0 aromatic heterocycles. The average molecular weight is 418 g/mol. The molecular weight excluding hydrogens is 396 g/mol. The lowest BCUT2D eigenvalue weighted by molar-refractivity contribution is 0.0720. The zero-order valence-electron chi connectivity index (χ0n) is 12.5. The van der Waals surface area contributed by atoms with Gasteiger partial charge in [0.1, 0.15) is 0 Å². The highest BCUT2D eigenvalue weighted by Gasteiger charge is 2.24. The van der Waals surface area contributed by atoms with Crippen LogP contribution in [0.3, 0.4) is 0 Å². The lowest BCUT2D eigenvalue weighted by atomic mass is 10.1. The lowest BCUT2D eigenvalue weighted by Crippen LogP contribution is -2.43. The summed E-state index contributed by atoms with van der Waals surface area (Å²) in [6.07, 6.45) is 2.36. The molecule has 1 saturated heterocycles. The molecule has 21 heavy (non-hydrogen) atoms. The van der Waals surface area contributed by atoms with Gasteiger partial charge in [-0.3, -0.25) is 4.79 Å². The molecule has 1 N–H and O–H groups in total. The Bertz CT molecular complexity index is 499. The van der Waals surface area contributed by atoms with E-state index in [1.54, 1.807) is 0 Å². The fourth-order valence-electron chi connectivity index (χ4n) is 2.69. The normalized spacial score (nSPS) is 18.2. The fraction of sp³-hybridized carbons (Fsp3) is 0.562. The monoisotopic (exact) mass is 416 g/mol. The van der Waals surface area contributed by atoms with Gasteiger partial charge in [-0.1, -0.05) is 29.8 Å². The molecule has 1 aliphatic rings. The molecule has 1 aliphatic heterocycles. The Labute approximate surface area is 143 Å². The number of halogens is 2. The van der Waals surface area contributed by atoms with E-state index in [1.165, 1.54) is 6.42 Å². The zero-order valence-corrected chi connectivity index (χ0v) is 15.7. The summed E-state index contributed by atoms with van der Waals surface area (Å²) >= 11 is 6.94. The van der Waals surface area contributed by atoms with E-state index in [0.717, 1.165) is 40.6 Å². The van der Waals surface area contributed by atoms with Gasteiger partial charge >= 0.3 is 0 Å². The molecule has 0 saturated carbocycles. The molecule has 0 bridgehead atoms. The lowest BCUT2D eigenvalue weighted by Gasteiger charge is -2.28. The number of hydrogen-bond donors (Lipinski definition) is 1. The zero-order chi connectivity index (χ0) is 15.4. The largest absolute Gasteiger partial charge is 0.337 e. The van der Waals surface area contributed by atoms with Crippen molar-refractivity contribution in [2.45, 2.75) is 32.7 Å². The first-order chi connectivity index (χ1) is 9.97. The van der Waals surface area contributed by atoms with Crippen LogP contribution in [0.1, 0.15) is 37.0 Å². The molecular formula is C16H22Br2N2O. The van der Waals surface area contributed by atoms with Crippen molar-refractivity contribution in [1.29, 1.82) is 0 Å². The van der Waals surface area contributed by atoms with Crippen LogP contribution < -0.4 is 5.32 Å². The van der Waals surface area contributed by atoms with E-state index in [9.17, 15) is 4.79 Å². The number of rotatable bonds is 5. The van der Waals surface area contributed by atoms with Gasteiger partial charge < -0.3 is 10.2 Å². The molecule has 2 rings (SSSR count). The number of carbonyl (C=O) groups is 1. The van der Waals surface area contributed by atoms with Crippen molar-refractivity contribution in [1.82, 2.24) is 10.2 Å². The maximum atomic E-state index is 12.9. The minimum absolute atomic E-state index is 0.102. The number of nitrogens with zero attached hydrogens (tertiary/aromatic N) is 1. The second-order valence-corrected chi connectivity index (χ2v) is 7.79. The van der Waals surface area contributed by atoms with Crippen molar-refractivity contribution < 1.29 is 4.79 Å².